The van der Waals surface area contributed by atoms with Crippen LogP contribution in [0.2, 0.25) is 0 Å². The molecule has 2 heteroatoms. The molecule has 0 amide bonds. The maximum atomic E-state index is 5.47. The fourth-order valence-corrected chi connectivity index (χ4v) is 2.45. The fourth-order valence-electron chi connectivity index (χ4n) is 2.45. The number of ether oxygens (including phenoxy) is 1. The highest BCUT2D eigenvalue weighted by atomic mass is 16.5. The maximum Gasteiger partial charge on any atom is 0.131 e. The molecule has 0 saturated carbocycles. The number of fused-ring (bicyclic) bond motifs is 3. The van der Waals surface area contributed by atoms with Gasteiger partial charge < -0.3 is 9.30 Å². The van der Waals surface area contributed by atoms with Crippen LogP contribution in [0, 0.1) is 0 Å². The van der Waals surface area contributed by atoms with E-state index in [1.54, 1.807) is 7.11 Å². The first-order chi connectivity index (χ1) is 8.33. The predicted molar refractivity (Wildman–Crippen MR) is 71.2 cm³/mol. The second-order valence-electron chi connectivity index (χ2n) is 4.24. The van der Waals surface area contributed by atoms with Gasteiger partial charge in [-0.15, -0.1) is 0 Å². The quantitative estimate of drug-likeness (QED) is 0.644. The zero-order valence-electron chi connectivity index (χ0n) is 10.1. The van der Waals surface area contributed by atoms with Gasteiger partial charge in [-0.05, 0) is 19.1 Å². The van der Waals surface area contributed by atoms with Crippen LogP contribution in [-0.2, 0) is 4.74 Å². The molecule has 1 aromatic heterocycles. The number of hydrogen-bond donors (Lipinski definition) is 0. The molecule has 1 unspecified atom stereocenters. The summed E-state index contributed by atoms with van der Waals surface area (Å²) in [5.41, 5.74) is 2.45. The van der Waals surface area contributed by atoms with Crippen molar-refractivity contribution in [2.45, 2.75) is 13.2 Å². The third-order valence-electron chi connectivity index (χ3n) is 3.32. The van der Waals surface area contributed by atoms with E-state index in [1.165, 1.54) is 21.8 Å². The van der Waals surface area contributed by atoms with Crippen molar-refractivity contribution in [3.05, 3.63) is 48.5 Å². The summed E-state index contributed by atoms with van der Waals surface area (Å²) < 4.78 is 7.71. The molecular formula is C15H15NO. The van der Waals surface area contributed by atoms with Crippen molar-refractivity contribution in [1.29, 1.82) is 0 Å². The lowest BCUT2D eigenvalue weighted by molar-refractivity contribution is 0.0675. The summed E-state index contributed by atoms with van der Waals surface area (Å²) in [5, 5.41) is 2.57. The van der Waals surface area contributed by atoms with Gasteiger partial charge in [0.15, 0.2) is 0 Å². The fraction of sp³-hybridized carbons (Fsp3) is 0.200. The summed E-state index contributed by atoms with van der Waals surface area (Å²) in [6.45, 7) is 2.07. The van der Waals surface area contributed by atoms with Crippen LogP contribution in [-0.4, -0.2) is 11.7 Å². The Morgan fingerprint density at radius 1 is 0.882 bits per heavy atom. The number of hydrogen-bond acceptors (Lipinski definition) is 1. The Bertz CT molecular complexity index is 616. The van der Waals surface area contributed by atoms with Crippen LogP contribution in [0.15, 0.2) is 48.5 Å². The number of methoxy groups -OCH3 is 1. The molecule has 2 nitrogen and oxygen atoms in total. The molecule has 86 valence electrons. The largest absolute Gasteiger partial charge is 0.362 e. The van der Waals surface area contributed by atoms with Crippen LogP contribution in [0.4, 0.5) is 0 Å². The lowest BCUT2D eigenvalue weighted by atomic mass is 10.2. The Labute approximate surface area is 100 Å². The molecule has 3 aromatic rings. The average Bonchev–Trinajstić information content (AvgIpc) is 2.72. The Hall–Kier alpha value is -1.80. The Morgan fingerprint density at radius 3 is 1.82 bits per heavy atom. The van der Waals surface area contributed by atoms with Gasteiger partial charge in [-0.3, -0.25) is 0 Å². The zero-order chi connectivity index (χ0) is 11.8. The maximum absolute atomic E-state index is 5.47. The van der Waals surface area contributed by atoms with Gasteiger partial charge in [0.25, 0.3) is 0 Å². The van der Waals surface area contributed by atoms with E-state index in [0.717, 1.165) is 0 Å². The lowest BCUT2D eigenvalue weighted by Gasteiger charge is -2.14. The second-order valence-corrected chi connectivity index (χ2v) is 4.24. The normalized spacial score (nSPS) is 13.3. The van der Waals surface area contributed by atoms with Crippen molar-refractivity contribution >= 4 is 21.8 Å². The monoisotopic (exact) mass is 225 g/mol. The number of benzene rings is 2. The van der Waals surface area contributed by atoms with Crippen LogP contribution in [0.3, 0.4) is 0 Å². The molecule has 0 N–H and O–H groups in total. The third kappa shape index (κ3) is 1.45. The molecule has 0 aliphatic heterocycles. The molecular weight excluding hydrogens is 210 g/mol. The zero-order valence-corrected chi connectivity index (χ0v) is 10.1. The topological polar surface area (TPSA) is 14.2 Å². The first-order valence-corrected chi connectivity index (χ1v) is 5.83. The predicted octanol–water partition coefficient (Wildman–Crippen LogP) is 3.96. The molecule has 0 bridgehead atoms. The number of nitrogens with zero attached hydrogens (tertiary/aromatic N) is 1. The molecule has 0 saturated heterocycles. The molecule has 1 atom stereocenters. The average molecular weight is 225 g/mol. The molecule has 0 radical (unpaired) electrons. The summed E-state index contributed by atoms with van der Waals surface area (Å²) in [6, 6.07) is 16.9. The Morgan fingerprint density at radius 2 is 1.35 bits per heavy atom. The Balaban J connectivity index is 2.50. The van der Waals surface area contributed by atoms with E-state index in [0.29, 0.717) is 0 Å². The summed E-state index contributed by atoms with van der Waals surface area (Å²) in [4.78, 5) is 0. The molecule has 0 spiro atoms. The highest BCUT2D eigenvalue weighted by Crippen LogP contribution is 2.31. The van der Waals surface area contributed by atoms with Gasteiger partial charge in [0, 0.05) is 17.9 Å². The van der Waals surface area contributed by atoms with Crippen molar-refractivity contribution in [1.82, 2.24) is 4.57 Å². The van der Waals surface area contributed by atoms with E-state index in [1.807, 2.05) is 0 Å². The van der Waals surface area contributed by atoms with Gasteiger partial charge in [0.05, 0.1) is 11.0 Å². The van der Waals surface area contributed by atoms with Crippen molar-refractivity contribution in [2.24, 2.45) is 0 Å². The standard InChI is InChI=1S/C15H15NO/c1-11(17-2)16-14-9-5-3-7-12(14)13-8-4-6-10-15(13)16/h3-11H,1-2H3. The van der Waals surface area contributed by atoms with Crippen LogP contribution in [0.1, 0.15) is 13.2 Å². The van der Waals surface area contributed by atoms with Crippen molar-refractivity contribution in [2.75, 3.05) is 7.11 Å². The van der Waals surface area contributed by atoms with Crippen LogP contribution >= 0.6 is 0 Å². The highest BCUT2D eigenvalue weighted by molar-refractivity contribution is 6.08. The van der Waals surface area contributed by atoms with E-state index in [4.69, 9.17) is 4.74 Å². The smallest absolute Gasteiger partial charge is 0.131 e. The highest BCUT2D eigenvalue weighted by Gasteiger charge is 2.13. The molecule has 0 aliphatic rings. The summed E-state index contributed by atoms with van der Waals surface area (Å²) in [6.07, 6.45) is 0.0415. The van der Waals surface area contributed by atoms with Crippen molar-refractivity contribution in [3.63, 3.8) is 0 Å². The van der Waals surface area contributed by atoms with Gasteiger partial charge in [0.2, 0.25) is 0 Å². The van der Waals surface area contributed by atoms with E-state index >= 15 is 0 Å². The van der Waals surface area contributed by atoms with Gasteiger partial charge in [0.1, 0.15) is 6.23 Å². The minimum atomic E-state index is 0.0415. The first-order valence-electron chi connectivity index (χ1n) is 5.83. The van der Waals surface area contributed by atoms with Gasteiger partial charge in [-0.25, -0.2) is 0 Å². The van der Waals surface area contributed by atoms with Gasteiger partial charge in [-0.2, -0.15) is 0 Å². The SMILES string of the molecule is COC(C)n1c2ccccc2c2ccccc21. The minimum absolute atomic E-state index is 0.0415. The van der Waals surface area contributed by atoms with Crippen LogP contribution < -0.4 is 0 Å². The molecule has 2 aromatic carbocycles. The molecule has 0 fully saturated rings. The van der Waals surface area contributed by atoms with Crippen molar-refractivity contribution < 1.29 is 4.74 Å². The minimum Gasteiger partial charge on any atom is -0.362 e. The van der Waals surface area contributed by atoms with Crippen molar-refractivity contribution in [3.8, 4) is 0 Å². The molecule has 3 rings (SSSR count). The number of rotatable bonds is 2. The lowest BCUT2D eigenvalue weighted by Crippen LogP contribution is -2.06. The summed E-state index contributed by atoms with van der Waals surface area (Å²) in [7, 11) is 1.74. The van der Waals surface area contributed by atoms with E-state index in [-0.39, 0.29) is 6.23 Å². The molecule has 17 heavy (non-hydrogen) atoms. The van der Waals surface area contributed by atoms with Gasteiger partial charge in [-0.1, -0.05) is 36.4 Å². The first kappa shape index (κ1) is 10.4. The van der Waals surface area contributed by atoms with E-state index in [2.05, 4.69) is 60.0 Å². The van der Waals surface area contributed by atoms with E-state index < -0.39 is 0 Å². The van der Waals surface area contributed by atoms with Crippen LogP contribution in [0.25, 0.3) is 21.8 Å². The molecule has 0 aliphatic carbocycles. The number of para-hydroxylation sites is 2. The molecule has 1 heterocycles. The summed E-state index contributed by atoms with van der Waals surface area (Å²) in [5.74, 6) is 0. The second kappa shape index (κ2) is 3.90. The van der Waals surface area contributed by atoms with Crippen LogP contribution in [0.5, 0.6) is 0 Å². The van der Waals surface area contributed by atoms with E-state index in [9.17, 15) is 0 Å². The third-order valence-corrected chi connectivity index (χ3v) is 3.32. The van der Waals surface area contributed by atoms with Gasteiger partial charge >= 0.3 is 0 Å². The number of aromatic nitrogens is 1. The summed E-state index contributed by atoms with van der Waals surface area (Å²) >= 11 is 0. The Kier molecular flexibility index (Phi) is 2.37.